The lowest BCUT2D eigenvalue weighted by molar-refractivity contribution is -0.00965. The van der Waals surface area contributed by atoms with Gasteiger partial charge in [0, 0.05) is 6.04 Å². The summed E-state index contributed by atoms with van der Waals surface area (Å²) in [5.41, 5.74) is 0.566. The minimum Gasteiger partial charge on any atom is -0.391 e. The molecule has 0 radical (unpaired) electrons. The zero-order chi connectivity index (χ0) is 11.6. The number of hydrogen-bond donors (Lipinski definition) is 1. The van der Waals surface area contributed by atoms with Crippen LogP contribution in [0.4, 0.5) is 0 Å². The average Bonchev–Trinajstić information content (AvgIpc) is 2.31. The summed E-state index contributed by atoms with van der Waals surface area (Å²) in [7, 11) is 0. The van der Waals surface area contributed by atoms with Crippen molar-refractivity contribution < 1.29 is 5.11 Å². The van der Waals surface area contributed by atoms with Gasteiger partial charge in [-0.3, -0.25) is 4.90 Å². The van der Waals surface area contributed by atoms with Crippen LogP contribution in [0.2, 0.25) is 0 Å². The van der Waals surface area contributed by atoms with Crippen LogP contribution in [-0.4, -0.2) is 35.2 Å². The third-order valence-corrected chi connectivity index (χ3v) is 5.02. The molecule has 0 amide bonds. The van der Waals surface area contributed by atoms with Crippen molar-refractivity contribution in [3.8, 4) is 0 Å². The minimum atomic E-state index is -0.0558. The SMILES string of the molecule is CCC1(C)CCN([C@H]2CCCC[C@@H]2O)CC1. The second-order valence-electron chi connectivity index (χ2n) is 6.12. The maximum Gasteiger partial charge on any atom is 0.0695 e. The molecular formula is C14H27NO. The van der Waals surface area contributed by atoms with Crippen LogP contribution in [0.15, 0.2) is 0 Å². The number of nitrogens with zero attached hydrogens (tertiary/aromatic N) is 1. The molecule has 1 N–H and O–H groups in total. The Balaban J connectivity index is 1.88. The Labute approximate surface area is 100 Å². The summed E-state index contributed by atoms with van der Waals surface area (Å²) in [6, 6.07) is 0.468. The summed E-state index contributed by atoms with van der Waals surface area (Å²) >= 11 is 0. The van der Waals surface area contributed by atoms with Crippen molar-refractivity contribution in [3.05, 3.63) is 0 Å². The number of rotatable bonds is 2. The first-order chi connectivity index (χ1) is 7.64. The molecule has 0 unspecified atom stereocenters. The topological polar surface area (TPSA) is 23.5 Å². The summed E-state index contributed by atoms with van der Waals surface area (Å²) < 4.78 is 0. The van der Waals surface area contributed by atoms with Crippen molar-refractivity contribution in [2.45, 2.75) is 70.9 Å². The fourth-order valence-electron chi connectivity index (χ4n) is 3.27. The van der Waals surface area contributed by atoms with Gasteiger partial charge in [-0.25, -0.2) is 0 Å². The molecule has 2 atom stereocenters. The summed E-state index contributed by atoms with van der Waals surface area (Å²) in [5, 5.41) is 10.1. The molecule has 2 nitrogen and oxygen atoms in total. The molecule has 1 saturated heterocycles. The Morgan fingerprint density at radius 3 is 2.38 bits per heavy atom. The first kappa shape index (κ1) is 12.4. The van der Waals surface area contributed by atoms with E-state index in [-0.39, 0.29) is 6.10 Å². The number of likely N-dealkylation sites (tertiary alicyclic amines) is 1. The Hall–Kier alpha value is -0.0800. The molecule has 2 aliphatic rings. The highest BCUT2D eigenvalue weighted by molar-refractivity contribution is 4.88. The van der Waals surface area contributed by atoms with Gasteiger partial charge in [0.05, 0.1) is 6.10 Å². The van der Waals surface area contributed by atoms with E-state index >= 15 is 0 Å². The van der Waals surface area contributed by atoms with Gasteiger partial charge in [0.25, 0.3) is 0 Å². The zero-order valence-corrected chi connectivity index (χ0v) is 10.9. The van der Waals surface area contributed by atoms with E-state index in [1.165, 1.54) is 51.6 Å². The van der Waals surface area contributed by atoms with Gasteiger partial charge in [0.15, 0.2) is 0 Å². The molecule has 0 aromatic rings. The summed E-state index contributed by atoms with van der Waals surface area (Å²) in [6.07, 6.45) is 8.63. The van der Waals surface area contributed by atoms with Gasteiger partial charge in [-0.1, -0.05) is 33.1 Å². The number of aliphatic hydroxyl groups excluding tert-OH is 1. The van der Waals surface area contributed by atoms with Crippen molar-refractivity contribution in [2.75, 3.05) is 13.1 Å². The Morgan fingerprint density at radius 1 is 1.19 bits per heavy atom. The Bertz CT molecular complexity index is 221. The molecule has 2 fully saturated rings. The van der Waals surface area contributed by atoms with Crippen LogP contribution in [0.25, 0.3) is 0 Å². The lowest BCUT2D eigenvalue weighted by Gasteiger charge is -2.45. The number of aliphatic hydroxyl groups is 1. The normalized spacial score (nSPS) is 36.2. The van der Waals surface area contributed by atoms with E-state index in [1.807, 2.05) is 0 Å². The maximum atomic E-state index is 10.1. The molecule has 0 aromatic heterocycles. The lowest BCUT2D eigenvalue weighted by Crippen LogP contribution is -2.50. The standard InChI is InChI=1S/C14H27NO/c1-3-14(2)8-10-15(11-9-14)12-6-4-5-7-13(12)16/h12-13,16H,3-11H2,1-2H3/t12-,13-/m0/s1. The molecule has 2 heteroatoms. The fraction of sp³-hybridized carbons (Fsp3) is 1.00. The third-order valence-electron chi connectivity index (χ3n) is 5.02. The van der Waals surface area contributed by atoms with Crippen molar-refractivity contribution in [1.29, 1.82) is 0 Å². The van der Waals surface area contributed by atoms with Crippen LogP contribution < -0.4 is 0 Å². The predicted molar refractivity (Wildman–Crippen MR) is 67.5 cm³/mol. The second kappa shape index (κ2) is 5.05. The molecule has 0 aromatic carbocycles. The maximum absolute atomic E-state index is 10.1. The highest BCUT2D eigenvalue weighted by Crippen LogP contribution is 2.36. The highest BCUT2D eigenvalue weighted by atomic mass is 16.3. The van der Waals surface area contributed by atoms with Gasteiger partial charge in [-0.05, 0) is 44.2 Å². The molecule has 1 aliphatic carbocycles. The molecule has 0 bridgehead atoms. The van der Waals surface area contributed by atoms with Crippen LogP contribution in [0, 0.1) is 5.41 Å². The van der Waals surface area contributed by atoms with E-state index in [0.717, 1.165) is 6.42 Å². The molecule has 1 aliphatic heterocycles. The molecular weight excluding hydrogens is 198 g/mol. The quantitative estimate of drug-likeness (QED) is 0.781. The van der Waals surface area contributed by atoms with Gasteiger partial charge in [-0.2, -0.15) is 0 Å². The van der Waals surface area contributed by atoms with E-state index in [0.29, 0.717) is 11.5 Å². The van der Waals surface area contributed by atoms with Gasteiger partial charge in [0.2, 0.25) is 0 Å². The smallest absolute Gasteiger partial charge is 0.0695 e. The zero-order valence-electron chi connectivity index (χ0n) is 10.9. The second-order valence-corrected chi connectivity index (χ2v) is 6.12. The van der Waals surface area contributed by atoms with Crippen molar-refractivity contribution >= 4 is 0 Å². The molecule has 16 heavy (non-hydrogen) atoms. The summed E-state index contributed by atoms with van der Waals surface area (Å²) in [6.45, 7) is 7.13. The number of hydrogen-bond acceptors (Lipinski definition) is 2. The van der Waals surface area contributed by atoms with Crippen molar-refractivity contribution in [3.63, 3.8) is 0 Å². The minimum absolute atomic E-state index is 0.0558. The summed E-state index contributed by atoms with van der Waals surface area (Å²) in [5.74, 6) is 0. The van der Waals surface area contributed by atoms with Crippen LogP contribution in [0.3, 0.4) is 0 Å². The predicted octanol–water partition coefficient (Wildman–Crippen LogP) is 2.80. The summed E-state index contributed by atoms with van der Waals surface area (Å²) in [4.78, 5) is 2.56. The Kier molecular flexibility index (Phi) is 3.91. The van der Waals surface area contributed by atoms with Crippen LogP contribution in [0.5, 0.6) is 0 Å². The van der Waals surface area contributed by atoms with Gasteiger partial charge in [0.1, 0.15) is 0 Å². The van der Waals surface area contributed by atoms with E-state index < -0.39 is 0 Å². The first-order valence-electron chi connectivity index (χ1n) is 7.07. The van der Waals surface area contributed by atoms with E-state index in [1.54, 1.807) is 0 Å². The third kappa shape index (κ3) is 2.60. The lowest BCUT2D eigenvalue weighted by atomic mass is 9.77. The molecule has 0 spiro atoms. The molecule has 1 heterocycles. The molecule has 1 saturated carbocycles. The largest absolute Gasteiger partial charge is 0.391 e. The van der Waals surface area contributed by atoms with Crippen LogP contribution in [0.1, 0.15) is 58.8 Å². The van der Waals surface area contributed by atoms with Gasteiger partial charge >= 0.3 is 0 Å². The molecule has 2 rings (SSSR count). The van der Waals surface area contributed by atoms with E-state index in [2.05, 4.69) is 18.7 Å². The van der Waals surface area contributed by atoms with Crippen molar-refractivity contribution in [1.82, 2.24) is 4.90 Å². The van der Waals surface area contributed by atoms with E-state index in [4.69, 9.17) is 0 Å². The van der Waals surface area contributed by atoms with Crippen LogP contribution >= 0.6 is 0 Å². The van der Waals surface area contributed by atoms with Crippen molar-refractivity contribution in [2.24, 2.45) is 5.41 Å². The van der Waals surface area contributed by atoms with Gasteiger partial charge in [-0.15, -0.1) is 0 Å². The average molecular weight is 225 g/mol. The first-order valence-corrected chi connectivity index (χ1v) is 7.07. The van der Waals surface area contributed by atoms with Gasteiger partial charge < -0.3 is 5.11 Å². The van der Waals surface area contributed by atoms with Crippen LogP contribution in [-0.2, 0) is 0 Å². The Morgan fingerprint density at radius 2 is 1.81 bits per heavy atom. The fourth-order valence-corrected chi connectivity index (χ4v) is 3.27. The highest BCUT2D eigenvalue weighted by Gasteiger charge is 2.34. The monoisotopic (exact) mass is 225 g/mol. The molecule has 94 valence electrons. The van der Waals surface area contributed by atoms with E-state index in [9.17, 15) is 5.11 Å². The number of piperidine rings is 1.